The minimum Gasteiger partial charge on any atom is -0.379 e. The van der Waals surface area contributed by atoms with Gasteiger partial charge in [-0.15, -0.1) is 0 Å². The van der Waals surface area contributed by atoms with Crippen molar-refractivity contribution in [1.82, 2.24) is 5.32 Å². The highest BCUT2D eigenvalue weighted by molar-refractivity contribution is 7.92. The predicted octanol–water partition coefficient (Wildman–Crippen LogP) is 1.42. The van der Waals surface area contributed by atoms with E-state index < -0.39 is 37.8 Å². The van der Waals surface area contributed by atoms with E-state index >= 15 is 0 Å². The summed E-state index contributed by atoms with van der Waals surface area (Å²) in [6.45, 7) is 0.141. The first-order valence-electron chi connectivity index (χ1n) is 5.75. The van der Waals surface area contributed by atoms with Gasteiger partial charge in [-0.1, -0.05) is 0 Å². The van der Waals surface area contributed by atoms with Gasteiger partial charge in [0.2, 0.25) is 5.91 Å². The summed E-state index contributed by atoms with van der Waals surface area (Å²) in [5, 5.41) is 4.96. The van der Waals surface area contributed by atoms with Gasteiger partial charge >= 0.3 is 5.51 Å². The topological polar surface area (TPSA) is 75.3 Å². The fourth-order valence-corrected chi connectivity index (χ4v) is 2.82. The molecule has 2 N–H and O–H groups in total. The van der Waals surface area contributed by atoms with Crippen LogP contribution in [0.3, 0.4) is 0 Å². The SMILES string of the molecule is O=C1CC(Nc2ccc(F)cc2S(=O)(=O)C(F)(F)F)CN1. The van der Waals surface area contributed by atoms with E-state index in [2.05, 4.69) is 10.6 Å². The Balaban J connectivity index is 2.41. The minimum atomic E-state index is -5.69. The minimum absolute atomic E-state index is 0.0110. The molecule has 0 radical (unpaired) electrons. The van der Waals surface area contributed by atoms with E-state index in [1.807, 2.05) is 0 Å². The van der Waals surface area contributed by atoms with E-state index in [1.165, 1.54) is 0 Å². The summed E-state index contributed by atoms with van der Waals surface area (Å²) in [5.74, 6) is -1.42. The number of rotatable bonds is 3. The first-order chi connectivity index (χ1) is 9.61. The van der Waals surface area contributed by atoms with Crippen LogP contribution in [0.5, 0.6) is 0 Å². The quantitative estimate of drug-likeness (QED) is 0.824. The number of anilines is 1. The van der Waals surface area contributed by atoms with Crippen molar-refractivity contribution < 1.29 is 30.8 Å². The predicted molar refractivity (Wildman–Crippen MR) is 64.7 cm³/mol. The van der Waals surface area contributed by atoms with Gasteiger partial charge in [0.1, 0.15) is 10.7 Å². The van der Waals surface area contributed by atoms with Crippen molar-refractivity contribution in [3.63, 3.8) is 0 Å². The van der Waals surface area contributed by atoms with Gasteiger partial charge in [0.15, 0.2) is 0 Å². The molecular formula is C11H10F4N2O3S. The molecule has 1 aromatic carbocycles. The molecule has 2 rings (SSSR count). The van der Waals surface area contributed by atoms with E-state index in [-0.39, 0.29) is 18.9 Å². The van der Waals surface area contributed by atoms with E-state index in [0.717, 1.165) is 12.1 Å². The van der Waals surface area contributed by atoms with Gasteiger partial charge in [-0.2, -0.15) is 13.2 Å². The highest BCUT2D eigenvalue weighted by Gasteiger charge is 2.48. The number of nitrogens with one attached hydrogen (secondary N) is 2. The summed E-state index contributed by atoms with van der Waals surface area (Å²) in [7, 11) is -5.69. The van der Waals surface area contributed by atoms with Crippen LogP contribution in [-0.2, 0) is 14.6 Å². The van der Waals surface area contributed by atoms with E-state index in [9.17, 15) is 30.8 Å². The van der Waals surface area contributed by atoms with Crippen molar-refractivity contribution in [2.75, 3.05) is 11.9 Å². The van der Waals surface area contributed by atoms with Crippen LogP contribution in [0, 0.1) is 5.82 Å². The van der Waals surface area contributed by atoms with Crippen LogP contribution >= 0.6 is 0 Å². The summed E-state index contributed by atoms with van der Waals surface area (Å²) >= 11 is 0. The lowest BCUT2D eigenvalue weighted by atomic mass is 10.2. The molecule has 1 heterocycles. The number of benzene rings is 1. The van der Waals surface area contributed by atoms with Crippen LogP contribution in [0.2, 0.25) is 0 Å². The number of amides is 1. The van der Waals surface area contributed by atoms with Crippen LogP contribution in [0.25, 0.3) is 0 Å². The number of hydrogen-bond acceptors (Lipinski definition) is 4. The van der Waals surface area contributed by atoms with Crippen LogP contribution in [0.15, 0.2) is 23.1 Å². The first-order valence-corrected chi connectivity index (χ1v) is 7.24. The molecule has 1 atom stereocenters. The Kier molecular flexibility index (Phi) is 3.83. The third-order valence-corrected chi connectivity index (χ3v) is 4.40. The van der Waals surface area contributed by atoms with Gasteiger partial charge in [0.05, 0.1) is 11.7 Å². The Labute approximate surface area is 117 Å². The normalized spacial score (nSPS) is 19.4. The molecule has 21 heavy (non-hydrogen) atoms. The van der Waals surface area contributed by atoms with Gasteiger partial charge in [-0.25, -0.2) is 12.8 Å². The van der Waals surface area contributed by atoms with Crippen molar-refractivity contribution >= 4 is 21.4 Å². The van der Waals surface area contributed by atoms with E-state index in [1.54, 1.807) is 0 Å². The summed E-state index contributed by atoms with van der Waals surface area (Å²) in [4.78, 5) is 9.83. The van der Waals surface area contributed by atoms with Crippen molar-refractivity contribution in [2.45, 2.75) is 22.9 Å². The largest absolute Gasteiger partial charge is 0.501 e. The van der Waals surface area contributed by atoms with Gasteiger partial charge in [-0.3, -0.25) is 4.79 Å². The summed E-state index contributed by atoms with van der Waals surface area (Å²) in [6.07, 6.45) is -0.0110. The third kappa shape index (κ3) is 3.09. The number of carbonyl (C=O) groups is 1. The average Bonchev–Trinajstić information content (AvgIpc) is 2.75. The highest BCUT2D eigenvalue weighted by Crippen LogP contribution is 2.35. The van der Waals surface area contributed by atoms with E-state index in [4.69, 9.17) is 0 Å². The molecule has 1 fully saturated rings. The summed E-state index contributed by atoms with van der Waals surface area (Å²) in [6, 6.07) is 1.47. The Bertz CT molecular complexity index is 673. The summed E-state index contributed by atoms with van der Waals surface area (Å²) < 4.78 is 73.8. The van der Waals surface area contributed by atoms with Gasteiger partial charge in [-0.05, 0) is 18.2 Å². The lowest BCUT2D eigenvalue weighted by Gasteiger charge is -2.17. The van der Waals surface area contributed by atoms with E-state index in [0.29, 0.717) is 6.07 Å². The Morgan fingerprint density at radius 1 is 1.29 bits per heavy atom. The zero-order valence-electron chi connectivity index (χ0n) is 10.4. The van der Waals surface area contributed by atoms with Crippen LogP contribution < -0.4 is 10.6 Å². The molecule has 10 heteroatoms. The van der Waals surface area contributed by atoms with Crippen molar-refractivity contribution in [3.8, 4) is 0 Å². The Hall–Kier alpha value is -1.84. The van der Waals surface area contributed by atoms with Crippen molar-refractivity contribution in [3.05, 3.63) is 24.0 Å². The molecule has 5 nitrogen and oxygen atoms in total. The average molecular weight is 326 g/mol. The standard InChI is InChI=1S/C11H10F4N2O3S/c12-6-1-2-8(17-7-4-10(18)16-5-7)9(3-6)21(19,20)11(13,14)15/h1-3,7,17H,4-5H2,(H,16,18). The molecule has 1 aliphatic heterocycles. The molecule has 0 bridgehead atoms. The zero-order valence-corrected chi connectivity index (χ0v) is 11.2. The maximum atomic E-state index is 13.1. The molecule has 0 spiro atoms. The lowest BCUT2D eigenvalue weighted by molar-refractivity contribution is -0.119. The monoisotopic (exact) mass is 326 g/mol. The highest BCUT2D eigenvalue weighted by atomic mass is 32.2. The molecule has 1 aliphatic rings. The second kappa shape index (κ2) is 5.17. The number of sulfone groups is 1. The Morgan fingerprint density at radius 2 is 1.95 bits per heavy atom. The van der Waals surface area contributed by atoms with Crippen LogP contribution in [-0.4, -0.2) is 32.4 Å². The fourth-order valence-electron chi connectivity index (χ4n) is 1.89. The van der Waals surface area contributed by atoms with Gasteiger partial charge < -0.3 is 10.6 Å². The molecule has 1 aromatic rings. The number of halogens is 4. The first kappa shape index (κ1) is 15.5. The third-order valence-electron chi connectivity index (χ3n) is 2.87. The molecule has 116 valence electrons. The maximum absolute atomic E-state index is 13.1. The number of carbonyl (C=O) groups excluding carboxylic acids is 1. The van der Waals surface area contributed by atoms with Gasteiger partial charge in [0, 0.05) is 13.0 Å². The smallest absolute Gasteiger partial charge is 0.379 e. The molecule has 1 saturated heterocycles. The number of hydrogen-bond donors (Lipinski definition) is 2. The van der Waals surface area contributed by atoms with Crippen LogP contribution in [0.1, 0.15) is 6.42 Å². The molecule has 0 aliphatic carbocycles. The lowest BCUT2D eigenvalue weighted by Crippen LogP contribution is -2.27. The summed E-state index contributed by atoms with van der Waals surface area (Å²) in [5.41, 5.74) is -5.93. The van der Waals surface area contributed by atoms with Crippen LogP contribution in [0.4, 0.5) is 23.2 Å². The van der Waals surface area contributed by atoms with Crippen molar-refractivity contribution in [1.29, 1.82) is 0 Å². The molecule has 0 aromatic heterocycles. The molecule has 0 saturated carbocycles. The molecular weight excluding hydrogens is 316 g/mol. The molecule has 1 unspecified atom stereocenters. The van der Waals surface area contributed by atoms with Crippen molar-refractivity contribution in [2.24, 2.45) is 0 Å². The Morgan fingerprint density at radius 3 is 2.48 bits per heavy atom. The second-order valence-corrected chi connectivity index (χ2v) is 6.35. The second-order valence-electron chi connectivity index (χ2n) is 4.44. The molecule has 1 amide bonds. The van der Waals surface area contributed by atoms with Gasteiger partial charge in [0.25, 0.3) is 9.84 Å². The maximum Gasteiger partial charge on any atom is 0.501 e. The number of alkyl halides is 3. The fraction of sp³-hybridized carbons (Fsp3) is 0.364. The zero-order chi connectivity index (χ0) is 15.8.